The summed E-state index contributed by atoms with van der Waals surface area (Å²) in [6.45, 7) is 4.69. The number of amides is 1. The number of hydrogen-bond acceptors (Lipinski definition) is 6. The number of carbonyl (C=O) groups is 1. The molecule has 9 heteroatoms. The molecule has 33 heavy (non-hydrogen) atoms. The average Bonchev–Trinajstić information content (AvgIpc) is 3.30. The minimum absolute atomic E-state index is 0.109. The molecule has 0 aliphatic carbocycles. The maximum Gasteiger partial charge on any atom is 0.230 e. The molecule has 1 aliphatic heterocycles. The molecule has 1 aliphatic rings. The van der Waals surface area contributed by atoms with Gasteiger partial charge in [0, 0.05) is 31.2 Å². The summed E-state index contributed by atoms with van der Waals surface area (Å²) >= 11 is 6.01. The van der Waals surface area contributed by atoms with Gasteiger partial charge >= 0.3 is 0 Å². The third-order valence-electron chi connectivity index (χ3n) is 6.09. The van der Waals surface area contributed by atoms with Gasteiger partial charge in [-0.2, -0.15) is 4.68 Å². The first-order valence-electron chi connectivity index (χ1n) is 11.1. The van der Waals surface area contributed by atoms with Crippen LogP contribution >= 0.6 is 11.6 Å². The molecular formula is C24H24ClN7O. The maximum atomic E-state index is 13.2. The molecule has 5 rings (SSSR count). The van der Waals surface area contributed by atoms with Crippen LogP contribution in [0, 0.1) is 0 Å². The highest BCUT2D eigenvalue weighted by Crippen LogP contribution is 2.26. The van der Waals surface area contributed by atoms with E-state index in [4.69, 9.17) is 11.6 Å². The molecule has 1 amide bonds. The zero-order valence-electron chi connectivity index (χ0n) is 18.3. The van der Waals surface area contributed by atoms with E-state index in [1.165, 1.54) is 6.33 Å². The fraction of sp³-hybridized carbons (Fsp3) is 0.292. The zero-order chi connectivity index (χ0) is 22.8. The number of benzene rings is 2. The second-order valence-corrected chi connectivity index (χ2v) is 8.47. The molecule has 4 aromatic rings. The van der Waals surface area contributed by atoms with Crippen molar-refractivity contribution in [2.45, 2.75) is 19.3 Å². The smallest absolute Gasteiger partial charge is 0.230 e. The van der Waals surface area contributed by atoms with Crippen molar-refractivity contribution < 1.29 is 4.79 Å². The van der Waals surface area contributed by atoms with Gasteiger partial charge in [-0.3, -0.25) is 4.79 Å². The lowest BCUT2D eigenvalue weighted by Gasteiger charge is -2.37. The van der Waals surface area contributed by atoms with Crippen LogP contribution in [0.3, 0.4) is 0 Å². The van der Waals surface area contributed by atoms with Gasteiger partial charge in [-0.25, -0.2) is 9.97 Å². The highest BCUT2D eigenvalue weighted by Gasteiger charge is 2.29. The summed E-state index contributed by atoms with van der Waals surface area (Å²) in [5, 5.41) is 9.31. The van der Waals surface area contributed by atoms with Crippen molar-refractivity contribution >= 4 is 34.5 Å². The molecule has 0 radical (unpaired) electrons. The first-order valence-corrected chi connectivity index (χ1v) is 11.4. The first-order chi connectivity index (χ1) is 16.2. The maximum absolute atomic E-state index is 13.2. The average molecular weight is 462 g/mol. The Morgan fingerprint density at radius 3 is 2.42 bits per heavy atom. The Kier molecular flexibility index (Phi) is 5.92. The van der Waals surface area contributed by atoms with Crippen LogP contribution in [-0.2, 0) is 4.79 Å². The van der Waals surface area contributed by atoms with Crippen LogP contribution in [0.5, 0.6) is 0 Å². The summed E-state index contributed by atoms with van der Waals surface area (Å²) in [7, 11) is 0. The van der Waals surface area contributed by atoms with Gasteiger partial charge in [-0.1, -0.05) is 54.1 Å². The predicted octanol–water partition coefficient (Wildman–Crippen LogP) is 3.71. The number of fused-ring (bicyclic) bond motifs is 1. The van der Waals surface area contributed by atoms with E-state index in [0.717, 1.165) is 23.5 Å². The second kappa shape index (κ2) is 9.15. The number of nitrogens with zero attached hydrogens (tertiary/aromatic N) is 7. The van der Waals surface area contributed by atoms with Crippen molar-refractivity contribution in [1.29, 1.82) is 0 Å². The molecule has 8 nitrogen and oxygen atoms in total. The van der Waals surface area contributed by atoms with Crippen LogP contribution in [0.15, 0.2) is 60.9 Å². The van der Waals surface area contributed by atoms with Gasteiger partial charge < -0.3 is 9.80 Å². The van der Waals surface area contributed by atoms with Crippen LogP contribution in [-0.4, -0.2) is 61.9 Å². The Hall–Kier alpha value is -3.52. The normalized spacial score (nSPS) is 15.1. The standard InChI is InChI=1S/C24H24ClN7O/c1-2-20(17-6-4-3-5-7-17)24(33)31-14-12-30(13-15-31)22-21-23(27-16-26-22)32(29-28-21)19-10-8-18(25)9-11-19/h3-11,16,20H,2,12-15H2,1H3/t20-/m1/s1. The first kappa shape index (κ1) is 21.3. The van der Waals surface area contributed by atoms with Crippen molar-refractivity contribution in [3.05, 3.63) is 71.5 Å². The molecule has 3 heterocycles. The van der Waals surface area contributed by atoms with Gasteiger partial charge in [0.2, 0.25) is 5.91 Å². The van der Waals surface area contributed by atoms with Gasteiger partial charge in [0.15, 0.2) is 17.0 Å². The Bertz CT molecular complexity index is 1250. The highest BCUT2D eigenvalue weighted by atomic mass is 35.5. The number of anilines is 1. The van der Waals surface area contributed by atoms with Crippen molar-refractivity contribution in [2.75, 3.05) is 31.1 Å². The molecule has 0 unspecified atom stereocenters. The van der Waals surface area contributed by atoms with Crippen LogP contribution < -0.4 is 4.90 Å². The van der Waals surface area contributed by atoms with Crippen LogP contribution in [0.2, 0.25) is 5.02 Å². The quantitative estimate of drug-likeness (QED) is 0.450. The van der Waals surface area contributed by atoms with Crippen molar-refractivity contribution in [3.8, 4) is 5.69 Å². The molecule has 0 bridgehead atoms. The SMILES string of the molecule is CC[C@@H](C(=O)N1CCN(c2ncnc3c2nnn3-c2ccc(Cl)cc2)CC1)c1ccccc1. The Morgan fingerprint density at radius 2 is 1.73 bits per heavy atom. The van der Waals surface area contributed by atoms with E-state index in [1.807, 2.05) is 59.5 Å². The molecule has 0 N–H and O–H groups in total. The van der Waals surface area contributed by atoms with Gasteiger partial charge in [0.1, 0.15) is 6.33 Å². The van der Waals surface area contributed by atoms with E-state index in [1.54, 1.807) is 4.68 Å². The monoisotopic (exact) mass is 461 g/mol. The van der Waals surface area contributed by atoms with Gasteiger partial charge in [-0.05, 0) is 36.2 Å². The number of aromatic nitrogens is 5. The molecule has 0 saturated carbocycles. The zero-order valence-corrected chi connectivity index (χ0v) is 19.1. The van der Waals surface area contributed by atoms with Crippen LogP contribution in [0.25, 0.3) is 16.9 Å². The molecule has 1 atom stereocenters. The number of rotatable bonds is 5. The molecule has 0 spiro atoms. The van der Waals surface area contributed by atoms with Crippen molar-refractivity contribution in [2.24, 2.45) is 0 Å². The summed E-state index contributed by atoms with van der Waals surface area (Å²) in [6.07, 6.45) is 2.32. The molecule has 168 valence electrons. The molecule has 1 saturated heterocycles. The minimum Gasteiger partial charge on any atom is -0.351 e. The Morgan fingerprint density at radius 1 is 1.00 bits per heavy atom. The van der Waals surface area contributed by atoms with E-state index < -0.39 is 0 Å². The summed E-state index contributed by atoms with van der Waals surface area (Å²) in [6, 6.07) is 17.4. The molecule has 2 aromatic carbocycles. The molecule has 2 aromatic heterocycles. The van der Waals surface area contributed by atoms with E-state index in [-0.39, 0.29) is 11.8 Å². The summed E-state index contributed by atoms with van der Waals surface area (Å²) < 4.78 is 1.68. The van der Waals surface area contributed by atoms with Crippen molar-refractivity contribution in [1.82, 2.24) is 29.9 Å². The van der Waals surface area contributed by atoms with Crippen molar-refractivity contribution in [3.63, 3.8) is 0 Å². The Labute approximate surface area is 196 Å². The van der Waals surface area contributed by atoms with E-state index in [2.05, 4.69) is 32.1 Å². The third kappa shape index (κ3) is 4.14. The topological polar surface area (TPSA) is 80.0 Å². The van der Waals surface area contributed by atoms with Gasteiger partial charge in [0.25, 0.3) is 0 Å². The van der Waals surface area contributed by atoms with E-state index in [0.29, 0.717) is 42.4 Å². The number of piperazine rings is 1. The van der Waals surface area contributed by atoms with Gasteiger partial charge in [-0.15, -0.1) is 5.10 Å². The summed E-state index contributed by atoms with van der Waals surface area (Å²) in [5.41, 5.74) is 3.18. The predicted molar refractivity (Wildman–Crippen MR) is 128 cm³/mol. The lowest BCUT2D eigenvalue weighted by atomic mass is 9.95. The summed E-state index contributed by atoms with van der Waals surface area (Å²) in [5.74, 6) is 0.815. The largest absolute Gasteiger partial charge is 0.351 e. The fourth-order valence-electron chi connectivity index (χ4n) is 4.32. The van der Waals surface area contributed by atoms with Gasteiger partial charge in [0.05, 0.1) is 11.6 Å². The lowest BCUT2D eigenvalue weighted by molar-refractivity contribution is -0.133. The van der Waals surface area contributed by atoms with E-state index in [9.17, 15) is 4.79 Å². The van der Waals surface area contributed by atoms with E-state index >= 15 is 0 Å². The number of hydrogen-bond donors (Lipinski definition) is 0. The summed E-state index contributed by atoms with van der Waals surface area (Å²) in [4.78, 5) is 26.2. The number of halogens is 1. The lowest BCUT2D eigenvalue weighted by Crippen LogP contribution is -2.50. The minimum atomic E-state index is -0.109. The Balaban J connectivity index is 1.33. The molecule has 1 fully saturated rings. The molecular weight excluding hydrogens is 438 g/mol. The number of carbonyl (C=O) groups excluding carboxylic acids is 1. The fourth-order valence-corrected chi connectivity index (χ4v) is 4.45. The van der Waals surface area contributed by atoms with Crippen LogP contribution in [0.1, 0.15) is 24.8 Å². The highest BCUT2D eigenvalue weighted by molar-refractivity contribution is 6.30. The second-order valence-electron chi connectivity index (χ2n) is 8.03. The van der Waals surface area contributed by atoms with Crippen LogP contribution in [0.4, 0.5) is 5.82 Å². The third-order valence-corrected chi connectivity index (χ3v) is 6.34.